The molecule has 8 nitrogen and oxygen atoms in total. The Balaban J connectivity index is 1.63. The molecule has 0 atom stereocenters. The van der Waals surface area contributed by atoms with Crippen molar-refractivity contribution in [2.24, 2.45) is 0 Å². The lowest BCUT2D eigenvalue weighted by atomic mass is 10.1. The Morgan fingerprint density at radius 2 is 1.96 bits per heavy atom. The maximum absolute atomic E-state index is 12.0. The highest BCUT2D eigenvalue weighted by Crippen LogP contribution is 2.28. The van der Waals surface area contributed by atoms with Crippen molar-refractivity contribution < 1.29 is 9.53 Å². The molecule has 0 fully saturated rings. The van der Waals surface area contributed by atoms with Crippen LogP contribution in [0.25, 0.3) is 0 Å². The van der Waals surface area contributed by atoms with Crippen LogP contribution in [0.15, 0.2) is 61.2 Å². The minimum absolute atomic E-state index is 0.169. The molecule has 0 radical (unpaired) electrons. The van der Waals surface area contributed by atoms with Gasteiger partial charge in [-0.2, -0.15) is 4.98 Å². The number of benzene rings is 1. The van der Waals surface area contributed by atoms with Crippen LogP contribution in [0.4, 0.5) is 11.5 Å². The third-order valence-corrected chi connectivity index (χ3v) is 3.22. The van der Waals surface area contributed by atoms with E-state index >= 15 is 0 Å². The highest BCUT2D eigenvalue weighted by Gasteiger charge is 2.11. The molecule has 4 N–H and O–H groups in total. The van der Waals surface area contributed by atoms with Gasteiger partial charge in [-0.05, 0) is 17.7 Å². The first-order valence-electron chi connectivity index (χ1n) is 7.49. The average Bonchev–Trinajstić information content (AvgIpc) is 2.64. The van der Waals surface area contributed by atoms with E-state index in [2.05, 4.69) is 25.8 Å². The van der Waals surface area contributed by atoms with Gasteiger partial charge in [0.2, 0.25) is 11.8 Å². The minimum Gasteiger partial charge on any atom is -0.435 e. The monoisotopic (exact) mass is 336 g/mol. The van der Waals surface area contributed by atoms with Crippen LogP contribution in [0.1, 0.15) is 5.56 Å². The van der Waals surface area contributed by atoms with E-state index in [1.54, 1.807) is 18.3 Å². The van der Waals surface area contributed by atoms with Crippen molar-refractivity contribution in [3.8, 4) is 11.6 Å². The van der Waals surface area contributed by atoms with Gasteiger partial charge in [-0.15, -0.1) is 0 Å². The molecular formula is C17H16N6O2. The maximum atomic E-state index is 12.0. The summed E-state index contributed by atoms with van der Waals surface area (Å²) in [5.74, 6) is 0.684. The standard InChI is InChI=1S/C17H16N6O2/c18-15-16(23-22-14(24)9-12-5-2-1-3-6-12)20-11-21-17(15)25-13-7-4-8-19-10-13/h1-8,10-11H,9,18H2,(H,22,24)(H,20,21,23). The molecule has 0 saturated carbocycles. The van der Waals surface area contributed by atoms with Gasteiger partial charge in [0.1, 0.15) is 17.8 Å². The molecule has 0 unspecified atom stereocenters. The van der Waals surface area contributed by atoms with E-state index in [0.29, 0.717) is 5.75 Å². The van der Waals surface area contributed by atoms with Gasteiger partial charge in [-0.1, -0.05) is 30.3 Å². The number of nitrogens with one attached hydrogen (secondary N) is 2. The molecule has 25 heavy (non-hydrogen) atoms. The van der Waals surface area contributed by atoms with E-state index in [4.69, 9.17) is 10.5 Å². The van der Waals surface area contributed by atoms with Gasteiger partial charge in [0.05, 0.1) is 12.6 Å². The number of aromatic nitrogens is 3. The van der Waals surface area contributed by atoms with Crippen molar-refractivity contribution in [2.75, 3.05) is 11.2 Å². The number of pyridine rings is 1. The first kappa shape index (κ1) is 16.2. The van der Waals surface area contributed by atoms with Crippen molar-refractivity contribution in [1.82, 2.24) is 20.4 Å². The van der Waals surface area contributed by atoms with Crippen molar-refractivity contribution in [1.29, 1.82) is 0 Å². The zero-order valence-electron chi connectivity index (χ0n) is 13.2. The topological polar surface area (TPSA) is 115 Å². The lowest BCUT2D eigenvalue weighted by Crippen LogP contribution is -2.31. The maximum Gasteiger partial charge on any atom is 0.248 e. The molecule has 0 aliphatic rings. The van der Waals surface area contributed by atoms with Crippen LogP contribution in [-0.4, -0.2) is 20.9 Å². The molecule has 3 aromatic rings. The smallest absolute Gasteiger partial charge is 0.248 e. The molecule has 2 aromatic heterocycles. The normalized spacial score (nSPS) is 10.1. The Kier molecular flexibility index (Phi) is 5.01. The van der Waals surface area contributed by atoms with Crippen LogP contribution in [-0.2, 0) is 11.2 Å². The van der Waals surface area contributed by atoms with Gasteiger partial charge >= 0.3 is 0 Å². The Labute approximate surface area is 144 Å². The number of nitrogen functional groups attached to an aromatic ring is 1. The fraction of sp³-hybridized carbons (Fsp3) is 0.0588. The number of nitrogens with two attached hydrogens (primary N) is 1. The number of hydrogen-bond donors (Lipinski definition) is 3. The number of amides is 1. The molecule has 0 aliphatic heterocycles. The predicted molar refractivity (Wildman–Crippen MR) is 92.7 cm³/mol. The van der Waals surface area contributed by atoms with Crippen LogP contribution < -0.4 is 21.3 Å². The third-order valence-electron chi connectivity index (χ3n) is 3.22. The number of nitrogens with zero attached hydrogens (tertiary/aromatic N) is 3. The molecule has 0 spiro atoms. The Morgan fingerprint density at radius 1 is 1.12 bits per heavy atom. The number of hydrogen-bond acceptors (Lipinski definition) is 7. The second-order valence-corrected chi connectivity index (χ2v) is 5.07. The van der Waals surface area contributed by atoms with Gasteiger partial charge in [0.25, 0.3) is 0 Å². The highest BCUT2D eigenvalue weighted by atomic mass is 16.5. The van der Waals surface area contributed by atoms with Crippen molar-refractivity contribution in [3.63, 3.8) is 0 Å². The zero-order chi connectivity index (χ0) is 17.5. The summed E-state index contributed by atoms with van der Waals surface area (Å²) >= 11 is 0. The second-order valence-electron chi connectivity index (χ2n) is 5.07. The Morgan fingerprint density at radius 3 is 2.72 bits per heavy atom. The van der Waals surface area contributed by atoms with Crippen LogP contribution in [0.2, 0.25) is 0 Å². The van der Waals surface area contributed by atoms with E-state index in [1.807, 2.05) is 30.3 Å². The van der Waals surface area contributed by atoms with Crippen LogP contribution >= 0.6 is 0 Å². The Hall–Kier alpha value is -3.68. The number of carbonyl (C=O) groups excluding carboxylic acids is 1. The van der Waals surface area contributed by atoms with E-state index < -0.39 is 0 Å². The zero-order valence-corrected chi connectivity index (χ0v) is 13.2. The quantitative estimate of drug-likeness (QED) is 0.589. The molecule has 0 bridgehead atoms. The average molecular weight is 336 g/mol. The molecular weight excluding hydrogens is 320 g/mol. The minimum atomic E-state index is -0.223. The summed E-state index contributed by atoms with van der Waals surface area (Å²) in [5.41, 5.74) is 12.3. The molecule has 1 amide bonds. The summed E-state index contributed by atoms with van der Waals surface area (Å²) < 4.78 is 5.56. The molecule has 2 heterocycles. The number of hydrazine groups is 1. The molecule has 0 aliphatic carbocycles. The molecule has 0 saturated heterocycles. The third kappa shape index (κ3) is 4.41. The highest BCUT2D eigenvalue weighted by molar-refractivity contribution is 5.80. The number of rotatable bonds is 6. The SMILES string of the molecule is Nc1c(NNC(=O)Cc2ccccc2)ncnc1Oc1cccnc1. The molecule has 126 valence electrons. The summed E-state index contributed by atoms with van der Waals surface area (Å²) in [6.07, 6.45) is 4.69. The van der Waals surface area contributed by atoms with Crippen molar-refractivity contribution >= 4 is 17.4 Å². The molecule has 1 aromatic carbocycles. The fourth-order valence-electron chi connectivity index (χ4n) is 2.03. The molecule has 3 rings (SSSR count). The van der Waals surface area contributed by atoms with Gasteiger partial charge in [-0.25, -0.2) is 4.98 Å². The van der Waals surface area contributed by atoms with Crippen LogP contribution in [0.5, 0.6) is 11.6 Å². The lowest BCUT2D eigenvalue weighted by Gasteiger charge is -2.12. The van der Waals surface area contributed by atoms with Crippen LogP contribution in [0.3, 0.4) is 0 Å². The van der Waals surface area contributed by atoms with E-state index in [0.717, 1.165) is 5.56 Å². The van der Waals surface area contributed by atoms with Gasteiger partial charge in [-0.3, -0.25) is 20.6 Å². The van der Waals surface area contributed by atoms with E-state index in [9.17, 15) is 4.79 Å². The number of anilines is 2. The first-order valence-corrected chi connectivity index (χ1v) is 7.49. The lowest BCUT2D eigenvalue weighted by molar-refractivity contribution is -0.119. The van der Waals surface area contributed by atoms with E-state index in [-0.39, 0.29) is 29.7 Å². The largest absolute Gasteiger partial charge is 0.435 e. The van der Waals surface area contributed by atoms with E-state index in [1.165, 1.54) is 12.5 Å². The summed E-state index contributed by atoms with van der Waals surface area (Å²) in [7, 11) is 0. The number of ether oxygens (including phenoxy) is 1. The summed E-state index contributed by atoms with van der Waals surface area (Å²) in [4.78, 5) is 23.9. The fourth-order valence-corrected chi connectivity index (χ4v) is 2.03. The van der Waals surface area contributed by atoms with Crippen molar-refractivity contribution in [3.05, 3.63) is 66.7 Å². The van der Waals surface area contributed by atoms with Gasteiger partial charge in [0.15, 0.2) is 5.82 Å². The predicted octanol–water partition coefficient (Wildman–Crippen LogP) is 1.93. The van der Waals surface area contributed by atoms with Gasteiger partial charge < -0.3 is 10.5 Å². The summed E-state index contributed by atoms with van der Waals surface area (Å²) in [5, 5.41) is 0. The second kappa shape index (κ2) is 7.73. The summed E-state index contributed by atoms with van der Waals surface area (Å²) in [6, 6.07) is 12.8. The Bertz CT molecular complexity index is 842. The number of carbonyl (C=O) groups is 1. The van der Waals surface area contributed by atoms with Crippen LogP contribution in [0, 0.1) is 0 Å². The van der Waals surface area contributed by atoms with Gasteiger partial charge in [0, 0.05) is 6.20 Å². The molecule has 8 heteroatoms. The van der Waals surface area contributed by atoms with Crippen molar-refractivity contribution in [2.45, 2.75) is 6.42 Å². The summed E-state index contributed by atoms with van der Waals surface area (Å²) in [6.45, 7) is 0. The first-order chi connectivity index (χ1) is 12.2.